The largest absolute Gasteiger partial charge is 0.451 e. The first-order valence-electron chi connectivity index (χ1n) is 8.50. The predicted octanol–water partition coefficient (Wildman–Crippen LogP) is 2.08. The van der Waals surface area contributed by atoms with Gasteiger partial charge in [0.05, 0.1) is 17.8 Å². The van der Waals surface area contributed by atoms with E-state index in [4.69, 9.17) is 0 Å². The van der Waals surface area contributed by atoms with Crippen LogP contribution < -0.4 is 5.69 Å². The molecule has 0 atom stereocenters. The Morgan fingerprint density at radius 3 is 2.50 bits per heavy atom. The monoisotopic (exact) mass is 412 g/mol. The number of alkyl halides is 3. The lowest BCUT2D eigenvalue weighted by Gasteiger charge is -2.31. The van der Waals surface area contributed by atoms with Crippen molar-refractivity contribution < 1.29 is 18.0 Å². The number of nitrogens with zero attached hydrogens (tertiary/aromatic N) is 6. The third kappa shape index (κ3) is 3.17. The van der Waals surface area contributed by atoms with Crippen molar-refractivity contribution >= 4 is 28.7 Å². The molecule has 8 nitrogen and oxygen atoms in total. The highest BCUT2D eigenvalue weighted by Crippen LogP contribution is 2.28. The van der Waals surface area contributed by atoms with Crippen LogP contribution in [0, 0.1) is 0 Å². The molecule has 12 heteroatoms. The number of amides is 1. The van der Waals surface area contributed by atoms with Crippen molar-refractivity contribution in [2.75, 3.05) is 13.1 Å². The number of likely N-dealkylation sites (tertiary alicyclic amines) is 1. The number of benzene rings is 1. The molecule has 0 aliphatic carbocycles. The highest BCUT2D eigenvalue weighted by Gasteiger charge is 2.39. The summed E-state index contributed by atoms with van der Waals surface area (Å²) < 4.78 is 48.5. The molecular formula is C16H15F3N6O2S. The first-order chi connectivity index (χ1) is 13.3. The molecule has 0 N–H and O–H groups in total. The molecule has 1 fully saturated rings. The van der Waals surface area contributed by atoms with Crippen molar-refractivity contribution in [3.8, 4) is 0 Å². The number of hydrogen-bond acceptors (Lipinski definition) is 6. The maximum absolute atomic E-state index is 13.0. The van der Waals surface area contributed by atoms with Gasteiger partial charge in [-0.05, 0) is 31.0 Å². The Bertz CT molecular complexity index is 1090. The van der Waals surface area contributed by atoms with E-state index in [0.29, 0.717) is 41.6 Å². The molecule has 0 spiro atoms. The summed E-state index contributed by atoms with van der Waals surface area (Å²) in [5, 5.41) is 3.49. The van der Waals surface area contributed by atoms with Crippen LogP contribution in [0.4, 0.5) is 13.2 Å². The topological polar surface area (TPSA) is 85.9 Å². The van der Waals surface area contributed by atoms with Crippen LogP contribution in [0.5, 0.6) is 0 Å². The second-order valence-electron chi connectivity index (χ2n) is 6.60. The molecule has 0 bridgehead atoms. The van der Waals surface area contributed by atoms with Crippen molar-refractivity contribution in [3.05, 3.63) is 40.1 Å². The van der Waals surface area contributed by atoms with E-state index >= 15 is 0 Å². The van der Waals surface area contributed by atoms with Gasteiger partial charge in [0.15, 0.2) is 0 Å². The third-order valence-electron chi connectivity index (χ3n) is 4.85. The molecule has 1 aliphatic rings. The number of aromatic nitrogens is 5. The van der Waals surface area contributed by atoms with Gasteiger partial charge >= 0.3 is 11.9 Å². The lowest BCUT2D eigenvalue weighted by molar-refractivity contribution is -0.147. The molecule has 1 aromatic carbocycles. The lowest BCUT2D eigenvalue weighted by atomic mass is 10.0. The van der Waals surface area contributed by atoms with Crippen LogP contribution in [0.2, 0.25) is 0 Å². The van der Waals surface area contributed by atoms with Crippen LogP contribution in [0.1, 0.15) is 35.1 Å². The Balaban J connectivity index is 1.49. The standard InChI is InChI=1S/C16H15F3N6O2S/c1-23-14(16(17,18)19)20-25(15(23)27)10-4-6-24(7-5-10)13(26)9-2-3-11-12(8-9)22-28-21-11/h2-3,8,10H,4-7H2,1H3. The van der Waals surface area contributed by atoms with Gasteiger partial charge in [-0.2, -0.15) is 21.9 Å². The molecule has 28 heavy (non-hydrogen) atoms. The molecule has 4 rings (SSSR count). The van der Waals surface area contributed by atoms with Gasteiger partial charge in [-0.3, -0.25) is 9.36 Å². The number of hydrogen-bond donors (Lipinski definition) is 0. The Morgan fingerprint density at radius 1 is 1.18 bits per heavy atom. The Hall–Kier alpha value is -2.76. The van der Waals surface area contributed by atoms with Crippen molar-refractivity contribution in [1.29, 1.82) is 0 Å². The minimum absolute atomic E-state index is 0.183. The highest BCUT2D eigenvalue weighted by atomic mass is 32.1. The van der Waals surface area contributed by atoms with Crippen molar-refractivity contribution in [1.82, 2.24) is 28.0 Å². The highest BCUT2D eigenvalue weighted by molar-refractivity contribution is 7.00. The summed E-state index contributed by atoms with van der Waals surface area (Å²) in [7, 11) is 1.05. The zero-order valence-corrected chi connectivity index (χ0v) is 15.5. The minimum atomic E-state index is -4.70. The smallest absolute Gasteiger partial charge is 0.338 e. The molecule has 1 amide bonds. The van der Waals surface area contributed by atoms with E-state index in [9.17, 15) is 22.8 Å². The van der Waals surface area contributed by atoms with E-state index in [2.05, 4.69) is 13.8 Å². The molecule has 0 radical (unpaired) electrons. The summed E-state index contributed by atoms with van der Waals surface area (Å²) in [5.74, 6) is -1.40. The van der Waals surface area contributed by atoms with Gasteiger partial charge in [-0.25, -0.2) is 9.48 Å². The third-order valence-corrected chi connectivity index (χ3v) is 5.41. The Labute approximate surface area is 160 Å². The van der Waals surface area contributed by atoms with Crippen molar-refractivity contribution in [3.63, 3.8) is 0 Å². The van der Waals surface area contributed by atoms with Gasteiger partial charge < -0.3 is 4.90 Å². The number of fused-ring (bicyclic) bond motifs is 1. The average Bonchev–Trinajstić information content (AvgIpc) is 3.25. The van der Waals surface area contributed by atoms with Crippen LogP contribution in [0.15, 0.2) is 23.0 Å². The van der Waals surface area contributed by atoms with Crippen molar-refractivity contribution in [2.24, 2.45) is 7.05 Å². The van der Waals surface area contributed by atoms with E-state index in [1.807, 2.05) is 0 Å². The molecule has 0 saturated carbocycles. The second kappa shape index (κ2) is 6.69. The quantitative estimate of drug-likeness (QED) is 0.643. The van der Waals surface area contributed by atoms with Gasteiger partial charge in [0.1, 0.15) is 11.0 Å². The van der Waals surface area contributed by atoms with Gasteiger partial charge in [0.25, 0.3) is 5.91 Å². The summed E-state index contributed by atoms with van der Waals surface area (Å²) in [5.41, 5.74) is 1.03. The van der Waals surface area contributed by atoms with Crippen LogP contribution in [0.3, 0.4) is 0 Å². The van der Waals surface area contributed by atoms with Crippen LogP contribution in [-0.4, -0.2) is 47.0 Å². The molecule has 2 aromatic heterocycles. The fraction of sp³-hybridized carbons (Fsp3) is 0.438. The summed E-state index contributed by atoms with van der Waals surface area (Å²) in [4.78, 5) is 26.5. The zero-order valence-electron chi connectivity index (χ0n) is 14.7. The summed E-state index contributed by atoms with van der Waals surface area (Å²) in [6.07, 6.45) is -4.00. The Kier molecular flexibility index (Phi) is 4.44. The van der Waals surface area contributed by atoms with Gasteiger partial charge in [0, 0.05) is 25.7 Å². The first kappa shape index (κ1) is 18.6. The SMILES string of the molecule is Cn1c(C(F)(F)F)nn(C2CCN(C(=O)c3ccc4nsnc4c3)CC2)c1=O. The lowest BCUT2D eigenvalue weighted by Crippen LogP contribution is -2.41. The number of carbonyl (C=O) groups is 1. The van der Waals surface area contributed by atoms with Gasteiger partial charge in [0.2, 0.25) is 5.82 Å². The summed E-state index contributed by atoms with van der Waals surface area (Å²) in [6.45, 7) is 0.641. The molecule has 3 aromatic rings. The normalized spacial score (nSPS) is 16.1. The minimum Gasteiger partial charge on any atom is -0.338 e. The van der Waals surface area contributed by atoms with Gasteiger partial charge in [-0.1, -0.05) is 0 Å². The van der Waals surface area contributed by atoms with E-state index in [1.165, 1.54) is 0 Å². The van der Waals surface area contributed by atoms with E-state index in [1.54, 1.807) is 23.1 Å². The fourth-order valence-corrected chi connectivity index (χ4v) is 3.87. The van der Waals surface area contributed by atoms with E-state index in [-0.39, 0.29) is 5.91 Å². The van der Waals surface area contributed by atoms with Crippen LogP contribution in [-0.2, 0) is 13.2 Å². The Morgan fingerprint density at radius 2 is 1.86 bits per heavy atom. The maximum atomic E-state index is 13.0. The molecule has 1 aliphatic heterocycles. The average molecular weight is 412 g/mol. The molecule has 148 valence electrons. The number of carbonyl (C=O) groups excluding carboxylic acids is 1. The summed E-state index contributed by atoms with van der Waals surface area (Å²) in [6, 6.07) is 4.60. The molecule has 1 saturated heterocycles. The van der Waals surface area contributed by atoms with E-state index in [0.717, 1.165) is 29.0 Å². The number of rotatable bonds is 2. The van der Waals surface area contributed by atoms with Crippen LogP contribution in [0.25, 0.3) is 11.0 Å². The number of piperidine rings is 1. The first-order valence-corrected chi connectivity index (χ1v) is 9.23. The van der Waals surface area contributed by atoms with Gasteiger partial charge in [-0.15, -0.1) is 5.10 Å². The van der Waals surface area contributed by atoms with Crippen molar-refractivity contribution in [2.45, 2.75) is 25.1 Å². The van der Waals surface area contributed by atoms with E-state index < -0.39 is 23.7 Å². The van der Waals surface area contributed by atoms with Crippen LogP contribution >= 0.6 is 11.7 Å². The fourth-order valence-electron chi connectivity index (χ4n) is 3.35. The summed E-state index contributed by atoms with van der Waals surface area (Å²) >= 11 is 1.07. The predicted molar refractivity (Wildman–Crippen MR) is 94.1 cm³/mol. The molecular weight excluding hydrogens is 397 g/mol. The maximum Gasteiger partial charge on any atom is 0.451 e. The molecule has 3 heterocycles. The second-order valence-corrected chi connectivity index (χ2v) is 7.13. The zero-order chi connectivity index (χ0) is 20.1. The molecule has 0 unspecified atom stereocenters. The number of halogens is 3.